The highest BCUT2D eigenvalue weighted by Gasteiger charge is 2.31. The van der Waals surface area contributed by atoms with Gasteiger partial charge in [-0.1, -0.05) is 0 Å². The van der Waals surface area contributed by atoms with Crippen LogP contribution >= 0.6 is 0 Å². The number of halogens is 1. The van der Waals surface area contributed by atoms with Gasteiger partial charge in [0.1, 0.15) is 11.9 Å². The molecule has 2 unspecified atom stereocenters. The minimum Gasteiger partial charge on any atom is -0.379 e. The first-order chi connectivity index (χ1) is 12.5. The van der Waals surface area contributed by atoms with Gasteiger partial charge in [0.05, 0.1) is 44.0 Å². The van der Waals surface area contributed by atoms with Crippen LogP contribution < -0.4 is 16.0 Å². The quantitative estimate of drug-likeness (QED) is 0.703. The molecule has 3 N–H and O–H groups in total. The lowest BCUT2D eigenvalue weighted by Crippen LogP contribution is -2.63. The van der Waals surface area contributed by atoms with Gasteiger partial charge in [-0.15, -0.1) is 0 Å². The molecule has 1 aromatic rings. The molecule has 2 atom stereocenters. The zero-order valence-electron chi connectivity index (χ0n) is 14.1. The second kappa shape index (κ2) is 8.23. The minimum absolute atomic E-state index is 0.0197. The molecular formula is C17H20FN5O3. The maximum absolute atomic E-state index is 13.3. The number of rotatable bonds is 4. The molecule has 0 bridgehead atoms. The Morgan fingerprint density at radius 2 is 2.19 bits per heavy atom. The van der Waals surface area contributed by atoms with Crippen molar-refractivity contribution in [1.29, 1.82) is 5.26 Å². The Hall–Kier alpha value is -2.54. The van der Waals surface area contributed by atoms with Crippen LogP contribution in [-0.2, 0) is 14.3 Å². The van der Waals surface area contributed by atoms with Crippen LogP contribution in [-0.4, -0.2) is 55.3 Å². The summed E-state index contributed by atoms with van der Waals surface area (Å²) in [6.45, 7) is 2.71. The molecule has 9 heteroatoms. The van der Waals surface area contributed by atoms with Gasteiger partial charge < -0.3 is 15.4 Å². The number of carbonyl (C=O) groups is 2. The van der Waals surface area contributed by atoms with Crippen LogP contribution in [0.25, 0.3) is 0 Å². The van der Waals surface area contributed by atoms with E-state index >= 15 is 0 Å². The summed E-state index contributed by atoms with van der Waals surface area (Å²) >= 11 is 0. The van der Waals surface area contributed by atoms with Gasteiger partial charge in [-0.25, -0.2) is 4.39 Å². The zero-order valence-corrected chi connectivity index (χ0v) is 14.1. The fourth-order valence-electron chi connectivity index (χ4n) is 3.08. The highest BCUT2D eigenvalue weighted by molar-refractivity contribution is 5.91. The predicted molar refractivity (Wildman–Crippen MR) is 90.2 cm³/mol. The van der Waals surface area contributed by atoms with Gasteiger partial charge in [0.2, 0.25) is 11.8 Å². The molecule has 0 aromatic heterocycles. The molecule has 2 saturated heterocycles. The summed E-state index contributed by atoms with van der Waals surface area (Å²) in [7, 11) is 0. The molecule has 8 nitrogen and oxygen atoms in total. The molecule has 0 spiro atoms. The van der Waals surface area contributed by atoms with Gasteiger partial charge in [-0.3, -0.25) is 19.8 Å². The summed E-state index contributed by atoms with van der Waals surface area (Å²) < 4.78 is 18.7. The van der Waals surface area contributed by atoms with Gasteiger partial charge in [-0.2, -0.15) is 5.26 Å². The molecule has 2 aliphatic rings. The Morgan fingerprint density at radius 1 is 1.42 bits per heavy atom. The molecule has 3 rings (SSSR count). The molecule has 2 fully saturated rings. The highest BCUT2D eigenvalue weighted by Crippen LogP contribution is 2.15. The third kappa shape index (κ3) is 4.54. The van der Waals surface area contributed by atoms with Gasteiger partial charge >= 0.3 is 0 Å². The normalized spacial score (nSPS) is 23.8. The van der Waals surface area contributed by atoms with E-state index < -0.39 is 12.0 Å². The van der Waals surface area contributed by atoms with Crippen molar-refractivity contribution in [2.24, 2.45) is 0 Å². The number of hydrogen-bond donors (Lipinski definition) is 3. The Labute approximate surface area is 150 Å². The summed E-state index contributed by atoms with van der Waals surface area (Å²) in [6.07, 6.45) is -0.297. The number of benzene rings is 1. The van der Waals surface area contributed by atoms with Crippen molar-refractivity contribution in [2.45, 2.75) is 25.2 Å². The standard InChI is InChI=1S/C17H20FN5O3/c18-13-2-1-12(7-11(13)10-19)20-16(24)8-14-21-15(9-17(25)22-14)23-3-5-26-6-4-23/h1-2,7,14-15,21H,3-6,8-9H2,(H,20,24)(H,22,25). The molecule has 1 aromatic carbocycles. The molecule has 2 heterocycles. The van der Waals surface area contributed by atoms with E-state index in [0.717, 1.165) is 19.2 Å². The molecule has 0 saturated carbocycles. The van der Waals surface area contributed by atoms with Crippen molar-refractivity contribution >= 4 is 17.5 Å². The van der Waals surface area contributed by atoms with E-state index in [1.807, 2.05) is 0 Å². The van der Waals surface area contributed by atoms with Crippen molar-refractivity contribution in [3.05, 3.63) is 29.6 Å². The molecular weight excluding hydrogens is 341 g/mol. The second-order valence-electron chi connectivity index (χ2n) is 6.21. The number of anilines is 1. The second-order valence-corrected chi connectivity index (χ2v) is 6.21. The summed E-state index contributed by atoms with van der Waals surface area (Å²) in [4.78, 5) is 26.3. The van der Waals surface area contributed by atoms with Crippen molar-refractivity contribution < 1.29 is 18.7 Å². The minimum atomic E-state index is -0.639. The number of ether oxygens (including phenoxy) is 1. The third-order valence-electron chi connectivity index (χ3n) is 4.35. The number of morpholine rings is 1. The number of nitrogens with one attached hydrogen (secondary N) is 3. The Kier molecular flexibility index (Phi) is 5.78. The van der Waals surface area contributed by atoms with Gasteiger partial charge in [0.25, 0.3) is 0 Å². The average Bonchev–Trinajstić information content (AvgIpc) is 2.63. The van der Waals surface area contributed by atoms with E-state index in [1.165, 1.54) is 12.1 Å². The van der Waals surface area contributed by atoms with Gasteiger partial charge in [-0.05, 0) is 18.2 Å². The van der Waals surface area contributed by atoms with Crippen LogP contribution in [0.5, 0.6) is 0 Å². The molecule has 138 valence electrons. The van der Waals surface area contributed by atoms with Crippen molar-refractivity contribution in [1.82, 2.24) is 15.5 Å². The van der Waals surface area contributed by atoms with Gasteiger partial charge in [0, 0.05) is 18.8 Å². The fourth-order valence-corrected chi connectivity index (χ4v) is 3.08. The number of carbonyl (C=O) groups excluding carboxylic acids is 2. The van der Waals surface area contributed by atoms with E-state index in [9.17, 15) is 14.0 Å². The largest absolute Gasteiger partial charge is 0.379 e. The van der Waals surface area contributed by atoms with Crippen LogP contribution in [0.4, 0.5) is 10.1 Å². The maximum atomic E-state index is 13.3. The van der Waals surface area contributed by atoms with Crippen LogP contribution in [0, 0.1) is 17.1 Å². The zero-order chi connectivity index (χ0) is 18.5. The smallest absolute Gasteiger partial charge is 0.227 e. The molecule has 2 aliphatic heterocycles. The predicted octanol–water partition coefficient (Wildman–Crippen LogP) is 0.120. The first kappa shape index (κ1) is 18.3. The molecule has 0 aliphatic carbocycles. The Morgan fingerprint density at radius 3 is 2.92 bits per heavy atom. The van der Waals surface area contributed by atoms with Crippen LogP contribution in [0.15, 0.2) is 18.2 Å². The molecule has 26 heavy (non-hydrogen) atoms. The van der Waals surface area contributed by atoms with Gasteiger partial charge in [0.15, 0.2) is 0 Å². The summed E-state index contributed by atoms with van der Waals surface area (Å²) in [5, 5.41) is 17.5. The number of amides is 2. The lowest BCUT2D eigenvalue weighted by atomic mass is 10.1. The maximum Gasteiger partial charge on any atom is 0.227 e. The topological polar surface area (TPSA) is 106 Å². The van der Waals surface area contributed by atoms with E-state index in [1.54, 1.807) is 6.07 Å². The van der Waals surface area contributed by atoms with Crippen molar-refractivity contribution in [2.75, 3.05) is 31.6 Å². The van der Waals surface area contributed by atoms with Crippen molar-refractivity contribution in [3.63, 3.8) is 0 Å². The summed E-state index contributed by atoms with van der Waals surface area (Å²) in [5.41, 5.74) is 0.194. The molecule has 2 amide bonds. The summed E-state index contributed by atoms with van der Waals surface area (Å²) in [5.74, 6) is -1.10. The fraction of sp³-hybridized carbons (Fsp3) is 0.471. The third-order valence-corrected chi connectivity index (χ3v) is 4.35. The monoisotopic (exact) mass is 361 g/mol. The SMILES string of the molecule is N#Cc1cc(NC(=O)CC2NC(=O)CC(N3CCOCC3)N2)ccc1F. The van der Waals surface area contributed by atoms with Crippen LogP contribution in [0.3, 0.4) is 0 Å². The van der Waals surface area contributed by atoms with E-state index in [-0.39, 0.29) is 30.0 Å². The number of hydrogen-bond acceptors (Lipinski definition) is 6. The molecule has 0 radical (unpaired) electrons. The van der Waals surface area contributed by atoms with Crippen LogP contribution in [0.2, 0.25) is 0 Å². The van der Waals surface area contributed by atoms with Crippen molar-refractivity contribution in [3.8, 4) is 6.07 Å². The lowest BCUT2D eigenvalue weighted by molar-refractivity contribution is -0.128. The van der Waals surface area contributed by atoms with E-state index in [2.05, 4.69) is 20.9 Å². The first-order valence-electron chi connectivity index (χ1n) is 8.42. The Balaban J connectivity index is 1.57. The lowest BCUT2D eigenvalue weighted by Gasteiger charge is -2.40. The van der Waals surface area contributed by atoms with E-state index in [4.69, 9.17) is 10.00 Å². The number of nitriles is 1. The highest BCUT2D eigenvalue weighted by atomic mass is 19.1. The average molecular weight is 361 g/mol. The number of nitrogens with zero attached hydrogens (tertiary/aromatic N) is 2. The first-order valence-corrected chi connectivity index (χ1v) is 8.42. The summed E-state index contributed by atoms with van der Waals surface area (Å²) in [6, 6.07) is 5.52. The van der Waals surface area contributed by atoms with E-state index in [0.29, 0.717) is 25.3 Å². The van der Waals surface area contributed by atoms with Crippen LogP contribution in [0.1, 0.15) is 18.4 Å². The Bertz CT molecular complexity index is 730.